The number of hydrogen-bond acceptors (Lipinski definition) is 5. The van der Waals surface area contributed by atoms with Crippen molar-refractivity contribution in [2.45, 2.75) is 35.5 Å². The Morgan fingerprint density at radius 3 is 2.14 bits per heavy atom. The van der Waals surface area contributed by atoms with Crippen LogP contribution in [0.2, 0.25) is 0 Å². The molecule has 1 amide bonds. The fourth-order valence-corrected chi connectivity index (χ4v) is 4.77. The van der Waals surface area contributed by atoms with E-state index in [2.05, 4.69) is 29.2 Å². The lowest BCUT2D eigenvalue weighted by atomic mass is 10.1. The van der Waals surface area contributed by atoms with E-state index < -0.39 is 0 Å². The predicted molar refractivity (Wildman–Crippen MR) is 110 cm³/mol. The first-order valence-electron chi connectivity index (χ1n) is 9.79. The molecule has 0 N–H and O–H groups in total. The number of amides is 1. The highest BCUT2D eigenvalue weighted by molar-refractivity contribution is 7.99. The lowest BCUT2D eigenvalue weighted by Gasteiger charge is -2.32. The second-order valence-corrected chi connectivity index (χ2v) is 8.13. The van der Waals surface area contributed by atoms with Crippen LogP contribution in [-0.4, -0.2) is 43.0 Å². The molecule has 1 fully saturated rings. The SMILES string of the molecule is O=C(CCN1c2ccccc2Sc2ccccc21)OCC(=O)N1CCCCC1. The highest BCUT2D eigenvalue weighted by Gasteiger charge is 2.24. The van der Waals surface area contributed by atoms with Gasteiger partial charge in [-0.25, -0.2) is 0 Å². The zero-order valence-corrected chi connectivity index (χ0v) is 16.6. The zero-order chi connectivity index (χ0) is 19.3. The van der Waals surface area contributed by atoms with E-state index in [4.69, 9.17) is 4.74 Å². The molecule has 2 aromatic rings. The number of para-hydroxylation sites is 2. The standard InChI is InChI=1S/C22H24N2O3S/c25-21(23-13-6-1-7-14-23)16-27-22(26)12-15-24-17-8-2-4-10-19(17)28-20-11-5-3-9-18(20)24/h2-5,8-11H,1,6-7,12-16H2. The molecular weight excluding hydrogens is 372 g/mol. The molecule has 2 heterocycles. The maximum Gasteiger partial charge on any atom is 0.308 e. The van der Waals surface area contributed by atoms with Gasteiger partial charge in [0.25, 0.3) is 5.91 Å². The molecule has 0 radical (unpaired) electrons. The molecule has 5 nitrogen and oxygen atoms in total. The molecule has 1 saturated heterocycles. The minimum atomic E-state index is -0.335. The minimum absolute atomic E-state index is 0.0851. The van der Waals surface area contributed by atoms with E-state index in [1.54, 1.807) is 16.7 Å². The number of anilines is 2. The molecular formula is C22H24N2O3S. The van der Waals surface area contributed by atoms with Crippen LogP contribution >= 0.6 is 11.8 Å². The quantitative estimate of drug-likeness (QED) is 0.708. The summed E-state index contributed by atoms with van der Waals surface area (Å²) in [6, 6.07) is 16.4. The molecule has 6 heteroatoms. The van der Waals surface area contributed by atoms with E-state index in [1.165, 1.54) is 16.2 Å². The Kier molecular flexibility index (Phi) is 5.86. The summed E-state index contributed by atoms with van der Waals surface area (Å²) >= 11 is 1.74. The van der Waals surface area contributed by atoms with Gasteiger partial charge in [-0.15, -0.1) is 0 Å². The van der Waals surface area contributed by atoms with Crippen LogP contribution in [0, 0.1) is 0 Å². The number of rotatable bonds is 5. The highest BCUT2D eigenvalue weighted by atomic mass is 32.2. The van der Waals surface area contributed by atoms with Crippen LogP contribution in [-0.2, 0) is 14.3 Å². The minimum Gasteiger partial charge on any atom is -0.456 e. The van der Waals surface area contributed by atoms with Gasteiger partial charge in [-0.3, -0.25) is 9.59 Å². The number of hydrogen-bond donors (Lipinski definition) is 0. The summed E-state index contributed by atoms with van der Waals surface area (Å²) in [4.78, 5) is 30.8. The number of carbonyl (C=O) groups is 2. The third-order valence-electron chi connectivity index (χ3n) is 5.14. The van der Waals surface area contributed by atoms with E-state index in [1.807, 2.05) is 24.3 Å². The van der Waals surface area contributed by atoms with Gasteiger partial charge in [0.15, 0.2) is 6.61 Å². The third kappa shape index (κ3) is 4.17. The number of likely N-dealkylation sites (tertiary alicyclic amines) is 1. The number of piperidine rings is 1. The molecule has 2 aromatic carbocycles. The van der Waals surface area contributed by atoms with Gasteiger partial charge in [0, 0.05) is 29.4 Å². The topological polar surface area (TPSA) is 49.9 Å². The number of benzene rings is 2. The van der Waals surface area contributed by atoms with E-state index in [-0.39, 0.29) is 24.9 Å². The van der Waals surface area contributed by atoms with Gasteiger partial charge in [0.1, 0.15) is 0 Å². The van der Waals surface area contributed by atoms with Gasteiger partial charge >= 0.3 is 5.97 Å². The Morgan fingerprint density at radius 2 is 1.50 bits per heavy atom. The molecule has 146 valence electrons. The Hall–Kier alpha value is -2.47. The first-order valence-corrected chi connectivity index (χ1v) is 10.6. The molecule has 0 bridgehead atoms. The molecule has 0 aliphatic carbocycles. The molecule has 0 aromatic heterocycles. The van der Waals surface area contributed by atoms with Gasteiger partial charge < -0.3 is 14.5 Å². The summed E-state index contributed by atoms with van der Waals surface area (Å²) in [6.07, 6.45) is 3.47. The van der Waals surface area contributed by atoms with Crippen LogP contribution in [0.15, 0.2) is 58.3 Å². The highest BCUT2D eigenvalue weighted by Crippen LogP contribution is 2.47. The summed E-state index contributed by atoms with van der Waals surface area (Å²) < 4.78 is 5.26. The number of ether oxygens (including phenoxy) is 1. The second kappa shape index (κ2) is 8.69. The Bertz CT molecular complexity index is 819. The largest absolute Gasteiger partial charge is 0.456 e. The number of esters is 1. The normalized spacial score (nSPS) is 15.6. The van der Waals surface area contributed by atoms with Crippen molar-refractivity contribution < 1.29 is 14.3 Å². The van der Waals surface area contributed by atoms with Crippen molar-refractivity contribution in [1.29, 1.82) is 0 Å². The van der Waals surface area contributed by atoms with Gasteiger partial charge in [-0.1, -0.05) is 36.0 Å². The second-order valence-electron chi connectivity index (χ2n) is 7.04. The molecule has 28 heavy (non-hydrogen) atoms. The van der Waals surface area contributed by atoms with E-state index >= 15 is 0 Å². The zero-order valence-electron chi connectivity index (χ0n) is 15.8. The Labute approximate surface area is 169 Å². The van der Waals surface area contributed by atoms with Crippen LogP contribution < -0.4 is 4.90 Å². The van der Waals surface area contributed by atoms with Crippen LogP contribution in [0.25, 0.3) is 0 Å². The smallest absolute Gasteiger partial charge is 0.308 e. The van der Waals surface area contributed by atoms with E-state index in [0.29, 0.717) is 6.54 Å². The van der Waals surface area contributed by atoms with Gasteiger partial charge in [0.05, 0.1) is 17.8 Å². The summed E-state index contributed by atoms with van der Waals surface area (Å²) in [5.74, 6) is -0.420. The number of carbonyl (C=O) groups excluding carboxylic acids is 2. The molecule has 0 unspecified atom stereocenters. The summed E-state index contributed by atoms with van der Waals surface area (Å²) in [6.45, 7) is 1.91. The Balaban J connectivity index is 1.37. The molecule has 2 aliphatic heterocycles. The maximum atomic E-state index is 12.3. The van der Waals surface area contributed by atoms with Crippen LogP contribution in [0.3, 0.4) is 0 Å². The van der Waals surface area contributed by atoms with Crippen LogP contribution in [0.1, 0.15) is 25.7 Å². The third-order valence-corrected chi connectivity index (χ3v) is 6.27. The molecule has 0 spiro atoms. The average Bonchev–Trinajstić information content (AvgIpc) is 2.75. The average molecular weight is 397 g/mol. The fourth-order valence-electron chi connectivity index (χ4n) is 3.67. The van der Waals surface area contributed by atoms with Crippen LogP contribution in [0.4, 0.5) is 11.4 Å². The van der Waals surface area contributed by atoms with Crippen molar-refractivity contribution in [3.63, 3.8) is 0 Å². The first-order chi connectivity index (χ1) is 13.7. The maximum absolute atomic E-state index is 12.3. The Morgan fingerprint density at radius 1 is 0.893 bits per heavy atom. The van der Waals surface area contributed by atoms with Crippen molar-refractivity contribution in [1.82, 2.24) is 4.90 Å². The van der Waals surface area contributed by atoms with E-state index in [0.717, 1.165) is 37.3 Å². The molecule has 4 rings (SSSR count). The number of fused-ring (bicyclic) bond motifs is 2. The molecule has 0 saturated carbocycles. The molecule has 2 aliphatic rings. The summed E-state index contributed by atoms with van der Waals surface area (Å²) in [5.41, 5.74) is 2.20. The number of nitrogens with zero attached hydrogens (tertiary/aromatic N) is 2. The first kappa shape index (κ1) is 18.9. The summed E-state index contributed by atoms with van der Waals surface area (Å²) in [7, 11) is 0. The molecule has 0 atom stereocenters. The van der Waals surface area contributed by atoms with Crippen molar-refractivity contribution >= 4 is 35.0 Å². The van der Waals surface area contributed by atoms with Gasteiger partial charge in [-0.2, -0.15) is 0 Å². The van der Waals surface area contributed by atoms with Gasteiger partial charge in [-0.05, 0) is 43.5 Å². The predicted octanol–water partition coefficient (Wildman–Crippen LogP) is 4.24. The van der Waals surface area contributed by atoms with Crippen molar-refractivity contribution in [3.8, 4) is 0 Å². The van der Waals surface area contributed by atoms with Gasteiger partial charge in [0.2, 0.25) is 0 Å². The monoisotopic (exact) mass is 396 g/mol. The lowest BCUT2D eigenvalue weighted by molar-refractivity contribution is -0.152. The lowest BCUT2D eigenvalue weighted by Crippen LogP contribution is -2.38. The van der Waals surface area contributed by atoms with Crippen molar-refractivity contribution in [3.05, 3.63) is 48.5 Å². The summed E-state index contributed by atoms with van der Waals surface area (Å²) in [5, 5.41) is 0. The van der Waals surface area contributed by atoms with Crippen LogP contribution in [0.5, 0.6) is 0 Å². The van der Waals surface area contributed by atoms with Crippen molar-refractivity contribution in [2.24, 2.45) is 0 Å². The van der Waals surface area contributed by atoms with E-state index in [9.17, 15) is 9.59 Å². The fraction of sp³-hybridized carbons (Fsp3) is 0.364. The van der Waals surface area contributed by atoms with Crippen molar-refractivity contribution in [2.75, 3.05) is 31.1 Å².